The van der Waals surface area contributed by atoms with Gasteiger partial charge in [0.15, 0.2) is 5.82 Å². The molecule has 0 unspecified atom stereocenters. The van der Waals surface area contributed by atoms with E-state index in [2.05, 4.69) is 25.5 Å². The summed E-state index contributed by atoms with van der Waals surface area (Å²) in [6.45, 7) is 4.24. The van der Waals surface area contributed by atoms with Crippen LogP contribution in [0.2, 0.25) is 0 Å². The number of carbonyl (C=O) groups is 1. The Labute approximate surface area is 162 Å². The van der Waals surface area contributed by atoms with Gasteiger partial charge in [0.1, 0.15) is 5.71 Å². The third-order valence-electron chi connectivity index (χ3n) is 4.89. The highest BCUT2D eigenvalue weighted by Crippen LogP contribution is 2.19. The van der Waals surface area contributed by atoms with Crippen LogP contribution in [0.25, 0.3) is 11.0 Å². The zero-order valence-corrected chi connectivity index (χ0v) is 15.6. The molecule has 2 fully saturated rings. The fourth-order valence-corrected chi connectivity index (χ4v) is 3.18. The molecule has 2 aliphatic rings. The topological polar surface area (TPSA) is 132 Å². The average Bonchev–Trinajstić information content (AvgIpc) is 3.41. The van der Waals surface area contributed by atoms with Crippen molar-refractivity contribution in [1.29, 1.82) is 5.41 Å². The van der Waals surface area contributed by atoms with Crippen LogP contribution in [0.1, 0.15) is 24.2 Å². The monoisotopic (exact) mass is 383 g/mol. The summed E-state index contributed by atoms with van der Waals surface area (Å²) in [5.74, 6) is 0.363. The second-order valence-corrected chi connectivity index (χ2v) is 7.15. The van der Waals surface area contributed by atoms with Gasteiger partial charge in [0, 0.05) is 31.9 Å². The number of allylic oxidation sites excluding steroid dienone is 1. The van der Waals surface area contributed by atoms with Crippen molar-refractivity contribution >= 4 is 22.8 Å². The highest BCUT2D eigenvalue weighted by molar-refractivity contribution is 6.10. The number of amides is 2. The Morgan fingerprint density at radius 3 is 2.89 bits per heavy atom. The summed E-state index contributed by atoms with van der Waals surface area (Å²) in [6.07, 6.45) is 3.19. The fourth-order valence-electron chi connectivity index (χ4n) is 3.18. The standard InChI is InChI=1S/C19H25N7O2/c20-10-16(25-19(27)22-13-2-3-13)17(21)18-23-14-4-1-12(9-15(14)24-18)11-26-5-7-28-8-6-26/h1,4,9-10,13,21H,2-3,5-8,11,20H2,(H,23,24)(H2,22,25,27). The highest BCUT2D eigenvalue weighted by atomic mass is 16.5. The number of nitrogens with zero attached hydrogens (tertiary/aromatic N) is 2. The molecule has 0 bridgehead atoms. The fraction of sp³-hybridized carbons (Fsp3) is 0.421. The summed E-state index contributed by atoms with van der Waals surface area (Å²) in [5.41, 5.74) is 8.67. The molecule has 4 rings (SSSR count). The molecule has 2 amide bonds. The first-order valence-corrected chi connectivity index (χ1v) is 9.50. The van der Waals surface area contributed by atoms with E-state index in [1.165, 1.54) is 11.8 Å². The normalized spacial score (nSPS) is 18.2. The number of hydrogen-bond donors (Lipinski definition) is 5. The van der Waals surface area contributed by atoms with Crippen molar-refractivity contribution < 1.29 is 9.53 Å². The summed E-state index contributed by atoms with van der Waals surface area (Å²) < 4.78 is 5.39. The number of morpholine rings is 1. The molecule has 1 saturated heterocycles. The Hall–Kier alpha value is -2.91. The van der Waals surface area contributed by atoms with E-state index >= 15 is 0 Å². The van der Waals surface area contributed by atoms with Crippen molar-refractivity contribution in [2.45, 2.75) is 25.4 Å². The molecule has 28 heavy (non-hydrogen) atoms. The lowest BCUT2D eigenvalue weighted by atomic mass is 10.2. The van der Waals surface area contributed by atoms with Crippen LogP contribution in [0.15, 0.2) is 30.1 Å². The second kappa shape index (κ2) is 7.99. The van der Waals surface area contributed by atoms with Gasteiger partial charge in [-0.2, -0.15) is 0 Å². The molecular weight excluding hydrogens is 358 g/mol. The number of H-pyrrole nitrogens is 1. The Balaban J connectivity index is 1.46. The number of imidazole rings is 1. The lowest BCUT2D eigenvalue weighted by Crippen LogP contribution is -2.38. The van der Waals surface area contributed by atoms with Crippen molar-refractivity contribution in [1.82, 2.24) is 25.5 Å². The zero-order valence-electron chi connectivity index (χ0n) is 15.6. The zero-order chi connectivity index (χ0) is 19.5. The molecule has 148 valence electrons. The molecule has 9 heteroatoms. The van der Waals surface area contributed by atoms with Crippen LogP contribution in [0.3, 0.4) is 0 Å². The third-order valence-corrected chi connectivity index (χ3v) is 4.89. The smallest absolute Gasteiger partial charge is 0.319 e. The van der Waals surface area contributed by atoms with Gasteiger partial charge >= 0.3 is 6.03 Å². The van der Waals surface area contributed by atoms with Crippen molar-refractivity contribution in [2.75, 3.05) is 26.3 Å². The molecule has 1 aliphatic carbocycles. The number of nitrogens with one attached hydrogen (secondary N) is 4. The first-order valence-electron chi connectivity index (χ1n) is 9.50. The molecule has 9 nitrogen and oxygen atoms in total. The number of fused-ring (bicyclic) bond motifs is 1. The molecule has 1 saturated carbocycles. The van der Waals surface area contributed by atoms with Gasteiger partial charge in [0.2, 0.25) is 0 Å². The van der Waals surface area contributed by atoms with E-state index in [1.807, 2.05) is 18.2 Å². The summed E-state index contributed by atoms with van der Waals surface area (Å²) in [6, 6.07) is 5.91. The minimum absolute atomic E-state index is 0.0411. The van der Waals surface area contributed by atoms with Crippen molar-refractivity contribution in [3.63, 3.8) is 0 Å². The first-order chi connectivity index (χ1) is 13.6. The van der Waals surface area contributed by atoms with Gasteiger partial charge in [-0.25, -0.2) is 9.78 Å². The van der Waals surface area contributed by atoms with Gasteiger partial charge in [-0.1, -0.05) is 6.07 Å². The third kappa shape index (κ3) is 4.32. The highest BCUT2D eigenvalue weighted by Gasteiger charge is 2.24. The predicted molar refractivity (Wildman–Crippen MR) is 106 cm³/mol. The molecule has 2 aromatic rings. The summed E-state index contributed by atoms with van der Waals surface area (Å²) >= 11 is 0. The van der Waals surface area contributed by atoms with Crippen molar-refractivity contribution in [2.24, 2.45) is 5.73 Å². The van der Waals surface area contributed by atoms with Gasteiger partial charge < -0.3 is 26.1 Å². The number of urea groups is 1. The number of nitrogens with two attached hydrogens (primary N) is 1. The lowest BCUT2D eigenvalue weighted by Gasteiger charge is -2.26. The molecule has 2 heterocycles. The maximum atomic E-state index is 11.9. The number of aromatic amines is 1. The predicted octanol–water partition coefficient (Wildman–Crippen LogP) is 1.02. The van der Waals surface area contributed by atoms with E-state index in [-0.39, 0.29) is 23.5 Å². The van der Waals surface area contributed by atoms with Crippen molar-refractivity contribution in [3.8, 4) is 0 Å². The van der Waals surface area contributed by atoms with Crippen LogP contribution in [0, 0.1) is 5.41 Å². The van der Waals surface area contributed by atoms with Crippen LogP contribution in [-0.2, 0) is 11.3 Å². The molecular formula is C19H25N7O2. The number of aromatic nitrogens is 2. The Kier molecular flexibility index (Phi) is 5.27. The Morgan fingerprint density at radius 1 is 1.39 bits per heavy atom. The van der Waals surface area contributed by atoms with Gasteiger partial charge in [0.25, 0.3) is 0 Å². The van der Waals surface area contributed by atoms with Crippen LogP contribution in [0.4, 0.5) is 4.79 Å². The van der Waals surface area contributed by atoms with Crippen molar-refractivity contribution in [3.05, 3.63) is 41.5 Å². The van der Waals surface area contributed by atoms with Gasteiger partial charge in [-0.15, -0.1) is 0 Å². The van der Waals surface area contributed by atoms with Crippen LogP contribution >= 0.6 is 0 Å². The molecule has 1 aliphatic heterocycles. The first kappa shape index (κ1) is 18.5. The van der Waals surface area contributed by atoms with Gasteiger partial charge in [-0.3, -0.25) is 10.3 Å². The minimum atomic E-state index is -0.354. The molecule has 1 aromatic heterocycles. The number of ether oxygens (including phenoxy) is 1. The summed E-state index contributed by atoms with van der Waals surface area (Å²) in [5, 5.41) is 13.8. The van der Waals surface area contributed by atoms with E-state index < -0.39 is 0 Å². The summed E-state index contributed by atoms with van der Waals surface area (Å²) in [7, 11) is 0. The lowest BCUT2D eigenvalue weighted by molar-refractivity contribution is 0.0342. The Bertz CT molecular complexity index is 910. The number of carbonyl (C=O) groups excluding carboxylic acids is 1. The van der Waals surface area contributed by atoms with Gasteiger partial charge in [0.05, 0.1) is 29.9 Å². The molecule has 6 N–H and O–H groups in total. The van der Waals surface area contributed by atoms with E-state index in [0.29, 0.717) is 5.82 Å². The molecule has 0 atom stereocenters. The summed E-state index contributed by atoms with van der Waals surface area (Å²) in [4.78, 5) is 21.9. The van der Waals surface area contributed by atoms with Gasteiger partial charge in [-0.05, 0) is 30.5 Å². The number of hydrogen-bond acceptors (Lipinski definition) is 6. The Morgan fingerprint density at radius 2 is 2.18 bits per heavy atom. The molecule has 1 aromatic carbocycles. The van der Waals surface area contributed by atoms with Crippen LogP contribution in [-0.4, -0.2) is 59.0 Å². The quantitative estimate of drug-likeness (QED) is 0.475. The largest absolute Gasteiger partial charge is 0.403 e. The molecule has 0 spiro atoms. The maximum absolute atomic E-state index is 11.9. The van der Waals surface area contributed by atoms with Crippen LogP contribution < -0.4 is 16.4 Å². The van der Waals surface area contributed by atoms with E-state index in [0.717, 1.165) is 56.7 Å². The number of benzene rings is 1. The minimum Gasteiger partial charge on any atom is -0.403 e. The number of rotatable bonds is 6. The van der Waals surface area contributed by atoms with E-state index in [4.69, 9.17) is 15.9 Å². The second-order valence-electron chi connectivity index (χ2n) is 7.15. The van der Waals surface area contributed by atoms with E-state index in [1.54, 1.807) is 0 Å². The SMILES string of the molecule is N=C(C(=CN)NC(=O)NC1CC1)c1nc2ccc(CN3CCOCC3)cc2[nH]1. The van der Waals surface area contributed by atoms with Crippen LogP contribution in [0.5, 0.6) is 0 Å². The van der Waals surface area contributed by atoms with E-state index in [9.17, 15) is 4.79 Å². The maximum Gasteiger partial charge on any atom is 0.319 e. The molecule has 0 radical (unpaired) electrons. The average molecular weight is 383 g/mol.